The fourth-order valence-corrected chi connectivity index (χ4v) is 5.33. The first-order chi connectivity index (χ1) is 19.8. The number of aryl methyl sites for hydroxylation is 2. The molecular weight excluding hydrogens is 522 g/mol. The number of hydrogen-bond donors (Lipinski definition) is 2. The van der Waals surface area contributed by atoms with Crippen molar-refractivity contribution >= 4 is 35.0 Å². The summed E-state index contributed by atoms with van der Waals surface area (Å²) < 4.78 is 10.7. The number of rotatable bonds is 9. The number of ether oxygens (including phenoxy) is 1. The zero-order valence-corrected chi connectivity index (χ0v) is 23.8. The molecule has 0 radical (unpaired) electrons. The van der Waals surface area contributed by atoms with Gasteiger partial charge in [0.15, 0.2) is 5.76 Å². The fourth-order valence-electron chi connectivity index (χ4n) is 5.33. The van der Waals surface area contributed by atoms with Gasteiger partial charge in [-0.15, -0.1) is 0 Å². The molecule has 1 atom stereocenters. The number of furan rings is 1. The Bertz CT molecular complexity index is 1410. The first-order valence-corrected chi connectivity index (χ1v) is 14.1. The van der Waals surface area contributed by atoms with E-state index in [-0.39, 0.29) is 29.8 Å². The molecular formula is C31H37N5O5. The van der Waals surface area contributed by atoms with Crippen LogP contribution in [-0.4, -0.2) is 74.7 Å². The fraction of sp³-hybridized carbons (Fsp3) is 0.387. The lowest BCUT2D eigenvalue weighted by Crippen LogP contribution is -2.47. The lowest BCUT2D eigenvalue weighted by Gasteiger charge is -2.38. The van der Waals surface area contributed by atoms with Crippen LogP contribution in [0, 0.1) is 13.8 Å². The molecule has 3 amide bonds. The summed E-state index contributed by atoms with van der Waals surface area (Å²) in [6.45, 7) is 10.4. The van der Waals surface area contributed by atoms with Crippen LogP contribution in [0.15, 0.2) is 59.0 Å². The predicted octanol–water partition coefficient (Wildman–Crippen LogP) is 4.44. The van der Waals surface area contributed by atoms with Gasteiger partial charge in [-0.05, 0) is 69.2 Å². The molecule has 2 aliphatic rings. The number of hydrogen-bond acceptors (Lipinski definition) is 7. The Morgan fingerprint density at radius 3 is 2.32 bits per heavy atom. The lowest BCUT2D eigenvalue weighted by atomic mass is 10.1. The number of carbonyl (C=O) groups is 3. The summed E-state index contributed by atoms with van der Waals surface area (Å²) in [7, 11) is 0. The van der Waals surface area contributed by atoms with Crippen molar-refractivity contribution in [2.45, 2.75) is 33.3 Å². The number of para-hydroxylation sites is 1. The van der Waals surface area contributed by atoms with E-state index in [4.69, 9.17) is 9.15 Å². The molecule has 2 aliphatic heterocycles. The van der Waals surface area contributed by atoms with Crippen molar-refractivity contribution in [1.29, 1.82) is 0 Å². The molecule has 10 nitrogen and oxygen atoms in total. The first kappa shape index (κ1) is 28.1. The molecule has 3 aromatic rings. The van der Waals surface area contributed by atoms with E-state index in [0.29, 0.717) is 43.1 Å². The summed E-state index contributed by atoms with van der Waals surface area (Å²) in [5.41, 5.74) is 4.32. The number of piperazine rings is 1. The molecule has 0 aliphatic carbocycles. The van der Waals surface area contributed by atoms with Crippen molar-refractivity contribution in [3.8, 4) is 0 Å². The molecule has 3 heterocycles. The molecule has 2 saturated heterocycles. The van der Waals surface area contributed by atoms with Crippen molar-refractivity contribution < 1.29 is 23.5 Å². The van der Waals surface area contributed by atoms with Crippen LogP contribution < -0.4 is 20.4 Å². The van der Waals surface area contributed by atoms with Crippen molar-refractivity contribution in [3.63, 3.8) is 0 Å². The van der Waals surface area contributed by atoms with Gasteiger partial charge in [0.25, 0.3) is 11.8 Å². The van der Waals surface area contributed by atoms with Crippen LogP contribution in [0.3, 0.4) is 0 Å². The molecule has 10 heteroatoms. The smallest absolute Gasteiger partial charge is 0.410 e. The third-order valence-electron chi connectivity index (χ3n) is 7.48. The number of anilines is 3. The Balaban J connectivity index is 1.27. The zero-order valence-electron chi connectivity index (χ0n) is 23.8. The molecule has 0 saturated carbocycles. The third kappa shape index (κ3) is 6.65. The normalized spacial score (nSPS) is 17.0. The molecule has 2 N–H and O–H groups in total. The van der Waals surface area contributed by atoms with Crippen LogP contribution in [0.4, 0.5) is 21.9 Å². The highest BCUT2D eigenvalue weighted by molar-refractivity contribution is 6.05. The largest absolute Gasteiger partial charge is 0.456 e. The SMILES string of the molecule is Cc1ccc(C(=O)Nc2cc(C(=O)NCCCN3CC(C)OC3=O)ccc2N2CCN(c3ccccc3C)CC2)o1. The maximum atomic E-state index is 13.0. The van der Waals surface area contributed by atoms with Crippen LogP contribution in [0.5, 0.6) is 0 Å². The Hall–Kier alpha value is -4.47. The van der Waals surface area contributed by atoms with E-state index in [1.807, 2.05) is 19.1 Å². The summed E-state index contributed by atoms with van der Waals surface area (Å²) in [5, 5.41) is 5.90. The first-order valence-electron chi connectivity index (χ1n) is 14.1. The standard InChI is InChI=1S/C31H37N5O5/c1-21-7-4-5-8-26(21)34-15-17-35(18-16-34)27-11-10-24(19-25(27)33-30(38)28-12-9-22(2)40-28)29(37)32-13-6-14-36-20-23(3)41-31(36)39/h4-5,7-12,19,23H,6,13-18,20H2,1-3H3,(H,32,37)(H,33,38). The van der Waals surface area contributed by atoms with Gasteiger partial charge in [-0.1, -0.05) is 18.2 Å². The maximum Gasteiger partial charge on any atom is 0.410 e. The Labute approximate surface area is 240 Å². The third-order valence-corrected chi connectivity index (χ3v) is 7.48. The molecule has 1 unspecified atom stereocenters. The molecule has 216 valence electrons. The summed E-state index contributed by atoms with van der Waals surface area (Å²) >= 11 is 0. The van der Waals surface area contributed by atoms with Gasteiger partial charge in [0.05, 0.1) is 17.9 Å². The second-order valence-corrected chi connectivity index (χ2v) is 10.6. The number of amides is 3. The van der Waals surface area contributed by atoms with Crippen LogP contribution in [0.1, 0.15) is 45.6 Å². The van der Waals surface area contributed by atoms with Crippen LogP contribution in [0.25, 0.3) is 0 Å². The van der Waals surface area contributed by atoms with Crippen LogP contribution in [0.2, 0.25) is 0 Å². The number of carbonyl (C=O) groups excluding carboxylic acids is 3. The zero-order chi connectivity index (χ0) is 28.9. The minimum Gasteiger partial charge on any atom is -0.456 e. The van der Waals surface area contributed by atoms with Gasteiger partial charge in [-0.25, -0.2) is 4.79 Å². The van der Waals surface area contributed by atoms with E-state index < -0.39 is 0 Å². The molecule has 2 fully saturated rings. The lowest BCUT2D eigenvalue weighted by molar-refractivity contribution is 0.0950. The monoisotopic (exact) mass is 559 g/mol. The highest BCUT2D eigenvalue weighted by atomic mass is 16.6. The second-order valence-electron chi connectivity index (χ2n) is 10.6. The predicted molar refractivity (Wildman–Crippen MR) is 158 cm³/mol. The van der Waals surface area contributed by atoms with E-state index in [2.05, 4.69) is 45.6 Å². The molecule has 2 aromatic carbocycles. The summed E-state index contributed by atoms with van der Waals surface area (Å²) in [6.07, 6.45) is 0.184. The summed E-state index contributed by atoms with van der Waals surface area (Å²) in [5.74, 6) is 0.236. The number of benzene rings is 2. The molecule has 5 rings (SSSR count). The van der Waals surface area contributed by atoms with Gasteiger partial charge in [0.1, 0.15) is 11.9 Å². The summed E-state index contributed by atoms with van der Waals surface area (Å²) in [6, 6.07) is 17.1. The number of nitrogens with one attached hydrogen (secondary N) is 2. The van der Waals surface area contributed by atoms with E-state index in [1.165, 1.54) is 11.3 Å². The Morgan fingerprint density at radius 2 is 1.66 bits per heavy atom. The Kier molecular flexibility index (Phi) is 8.47. The van der Waals surface area contributed by atoms with Gasteiger partial charge < -0.3 is 34.5 Å². The molecule has 0 bridgehead atoms. The van der Waals surface area contributed by atoms with Gasteiger partial charge in [-0.2, -0.15) is 0 Å². The van der Waals surface area contributed by atoms with E-state index in [1.54, 1.807) is 36.1 Å². The maximum absolute atomic E-state index is 13.0. The van der Waals surface area contributed by atoms with E-state index in [9.17, 15) is 14.4 Å². The average Bonchev–Trinajstić information content (AvgIpc) is 3.55. The van der Waals surface area contributed by atoms with Crippen molar-refractivity contribution in [2.24, 2.45) is 0 Å². The number of cyclic esters (lactones) is 1. The average molecular weight is 560 g/mol. The Morgan fingerprint density at radius 1 is 0.927 bits per heavy atom. The van der Waals surface area contributed by atoms with Crippen LogP contribution in [-0.2, 0) is 4.74 Å². The van der Waals surface area contributed by atoms with Gasteiger partial charge in [-0.3, -0.25) is 9.59 Å². The quantitative estimate of drug-likeness (QED) is 0.374. The highest BCUT2D eigenvalue weighted by Gasteiger charge is 2.27. The minimum absolute atomic E-state index is 0.111. The van der Waals surface area contributed by atoms with E-state index >= 15 is 0 Å². The van der Waals surface area contributed by atoms with Crippen molar-refractivity contribution in [3.05, 3.63) is 77.2 Å². The molecule has 41 heavy (non-hydrogen) atoms. The molecule has 1 aromatic heterocycles. The minimum atomic E-state index is -0.373. The van der Waals surface area contributed by atoms with Gasteiger partial charge in [0, 0.05) is 50.5 Å². The number of nitrogens with zero attached hydrogens (tertiary/aromatic N) is 3. The second kappa shape index (κ2) is 12.4. The highest BCUT2D eigenvalue weighted by Crippen LogP contribution is 2.30. The van der Waals surface area contributed by atoms with E-state index in [0.717, 1.165) is 31.9 Å². The molecule has 0 spiro atoms. The van der Waals surface area contributed by atoms with Crippen LogP contribution >= 0.6 is 0 Å². The van der Waals surface area contributed by atoms with Crippen molar-refractivity contribution in [2.75, 3.05) is 60.9 Å². The van der Waals surface area contributed by atoms with Gasteiger partial charge in [0.2, 0.25) is 0 Å². The summed E-state index contributed by atoms with van der Waals surface area (Å²) in [4.78, 5) is 44.1. The van der Waals surface area contributed by atoms with Crippen molar-refractivity contribution in [1.82, 2.24) is 10.2 Å². The van der Waals surface area contributed by atoms with Gasteiger partial charge >= 0.3 is 6.09 Å². The topological polar surface area (TPSA) is 107 Å².